The molecule has 0 unspecified atom stereocenters. The fraction of sp³-hybridized carbons (Fsp3) is 0.889. The molecule has 0 spiro atoms. The van der Waals surface area contributed by atoms with Gasteiger partial charge in [-0.25, -0.2) is 0 Å². The van der Waals surface area contributed by atoms with Crippen molar-refractivity contribution < 1.29 is 0 Å². The predicted octanol–water partition coefficient (Wildman–Crippen LogP) is 2.73. The molecule has 0 amide bonds. The smallest absolute Gasteiger partial charge is 0.0684 e. The Morgan fingerprint density at radius 1 is 1.50 bits per heavy atom. The molecule has 0 aromatic carbocycles. The highest BCUT2D eigenvalue weighted by Crippen LogP contribution is 2.52. The van der Waals surface area contributed by atoms with Crippen molar-refractivity contribution in [3.8, 4) is 6.07 Å². The van der Waals surface area contributed by atoms with Gasteiger partial charge in [0.05, 0.1) is 11.5 Å². The largest absolute Gasteiger partial charge is 0.198 e. The molecule has 0 saturated heterocycles. The summed E-state index contributed by atoms with van der Waals surface area (Å²) in [7, 11) is 0. The zero-order chi connectivity index (χ0) is 7.83. The lowest BCUT2D eigenvalue weighted by Gasteiger charge is -2.19. The van der Waals surface area contributed by atoms with Gasteiger partial charge >= 0.3 is 0 Å². The summed E-state index contributed by atoms with van der Waals surface area (Å²) in [5.74, 6) is 0. The molecule has 0 N–H and O–H groups in total. The molecule has 1 aliphatic carbocycles. The van der Waals surface area contributed by atoms with Gasteiger partial charge in [-0.15, -0.1) is 0 Å². The molecular formula is C9H15N. The van der Waals surface area contributed by atoms with E-state index in [2.05, 4.69) is 13.0 Å². The molecule has 1 fully saturated rings. The van der Waals surface area contributed by atoms with Crippen molar-refractivity contribution in [2.24, 2.45) is 10.8 Å². The van der Waals surface area contributed by atoms with E-state index in [1.807, 2.05) is 13.8 Å². The van der Waals surface area contributed by atoms with E-state index in [1.54, 1.807) is 0 Å². The highest BCUT2D eigenvalue weighted by atomic mass is 14.5. The SMILES string of the molecule is CC(C)(C#N)CC1(C)CC1. The first kappa shape index (κ1) is 7.60. The van der Waals surface area contributed by atoms with Gasteiger partial charge < -0.3 is 0 Å². The zero-order valence-electron chi connectivity index (χ0n) is 7.07. The van der Waals surface area contributed by atoms with Crippen LogP contribution < -0.4 is 0 Å². The average Bonchev–Trinajstić information content (AvgIpc) is 2.47. The molecule has 1 heteroatoms. The maximum Gasteiger partial charge on any atom is 0.0684 e. The Morgan fingerprint density at radius 2 is 2.00 bits per heavy atom. The van der Waals surface area contributed by atoms with Crippen molar-refractivity contribution in [1.29, 1.82) is 5.26 Å². The third kappa shape index (κ3) is 1.73. The van der Waals surface area contributed by atoms with E-state index in [0.29, 0.717) is 5.41 Å². The van der Waals surface area contributed by atoms with E-state index < -0.39 is 0 Å². The molecule has 0 atom stereocenters. The highest BCUT2D eigenvalue weighted by molar-refractivity contribution is 5.00. The Balaban J connectivity index is 2.46. The first-order valence-corrected chi connectivity index (χ1v) is 3.89. The second-order valence-corrected chi connectivity index (χ2v) is 4.48. The van der Waals surface area contributed by atoms with Crippen LogP contribution in [0.25, 0.3) is 0 Å². The Labute approximate surface area is 63.0 Å². The molecule has 1 nitrogen and oxygen atoms in total. The molecule has 0 bridgehead atoms. The predicted molar refractivity (Wildman–Crippen MR) is 41.4 cm³/mol. The van der Waals surface area contributed by atoms with Crippen LogP contribution in [0.5, 0.6) is 0 Å². The third-order valence-corrected chi connectivity index (χ3v) is 2.27. The van der Waals surface area contributed by atoms with Crippen LogP contribution in [0.2, 0.25) is 0 Å². The van der Waals surface area contributed by atoms with Crippen LogP contribution >= 0.6 is 0 Å². The Kier molecular flexibility index (Phi) is 1.51. The Hall–Kier alpha value is -0.510. The van der Waals surface area contributed by atoms with Gasteiger partial charge in [0.2, 0.25) is 0 Å². The minimum atomic E-state index is -0.106. The van der Waals surface area contributed by atoms with Gasteiger partial charge in [0, 0.05) is 0 Å². The fourth-order valence-electron chi connectivity index (χ4n) is 1.50. The van der Waals surface area contributed by atoms with E-state index in [-0.39, 0.29) is 5.41 Å². The summed E-state index contributed by atoms with van der Waals surface area (Å²) in [6, 6.07) is 2.34. The van der Waals surface area contributed by atoms with Crippen LogP contribution in [0, 0.1) is 22.2 Å². The van der Waals surface area contributed by atoms with Gasteiger partial charge in [-0.1, -0.05) is 6.92 Å². The zero-order valence-corrected chi connectivity index (χ0v) is 7.07. The molecular weight excluding hydrogens is 122 g/mol. The number of hydrogen-bond donors (Lipinski definition) is 0. The van der Waals surface area contributed by atoms with Crippen LogP contribution in [0.3, 0.4) is 0 Å². The van der Waals surface area contributed by atoms with Gasteiger partial charge in [0.15, 0.2) is 0 Å². The molecule has 56 valence electrons. The summed E-state index contributed by atoms with van der Waals surface area (Å²) in [5.41, 5.74) is 0.407. The number of rotatable bonds is 2. The van der Waals surface area contributed by atoms with Crippen molar-refractivity contribution in [3.63, 3.8) is 0 Å². The van der Waals surface area contributed by atoms with Crippen molar-refractivity contribution in [2.45, 2.75) is 40.0 Å². The molecule has 1 aliphatic rings. The minimum absolute atomic E-state index is 0.106. The van der Waals surface area contributed by atoms with Crippen LogP contribution in [-0.2, 0) is 0 Å². The second-order valence-electron chi connectivity index (χ2n) is 4.48. The van der Waals surface area contributed by atoms with Crippen molar-refractivity contribution in [1.82, 2.24) is 0 Å². The van der Waals surface area contributed by atoms with E-state index in [0.717, 1.165) is 6.42 Å². The number of nitrogens with zero attached hydrogens (tertiary/aromatic N) is 1. The van der Waals surface area contributed by atoms with Crippen molar-refractivity contribution in [3.05, 3.63) is 0 Å². The molecule has 0 aliphatic heterocycles. The lowest BCUT2D eigenvalue weighted by Crippen LogP contribution is -2.13. The molecule has 10 heavy (non-hydrogen) atoms. The monoisotopic (exact) mass is 137 g/mol. The molecule has 0 aromatic rings. The number of hydrogen-bond acceptors (Lipinski definition) is 1. The molecule has 1 saturated carbocycles. The molecule has 0 heterocycles. The second kappa shape index (κ2) is 1.99. The Bertz CT molecular complexity index is 170. The van der Waals surface area contributed by atoms with Crippen LogP contribution in [0.1, 0.15) is 40.0 Å². The highest BCUT2D eigenvalue weighted by Gasteiger charge is 2.41. The van der Waals surface area contributed by atoms with Gasteiger partial charge in [0.25, 0.3) is 0 Å². The van der Waals surface area contributed by atoms with Crippen LogP contribution in [0.4, 0.5) is 0 Å². The fourth-order valence-corrected chi connectivity index (χ4v) is 1.50. The first-order chi connectivity index (χ1) is 4.47. The lowest BCUT2D eigenvalue weighted by atomic mass is 9.83. The van der Waals surface area contributed by atoms with Gasteiger partial charge in [-0.3, -0.25) is 0 Å². The first-order valence-electron chi connectivity index (χ1n) is 3.89. The van der Waals surface area contributed by atoms with Gasteiger partial charge in [-0.2, -0.15) is 5.26 Å². The quantitative estimate of drug-likeness (QED) is 0.574. The summed E-state index contributed by atoms with van der Waals surface area (Å²) < 4.78 is 0. The van der Waals surface area contributed by atoms with Crippen LogP contribution in [-0.4, -0.2) is 0 Å². The molecule has 0 radical (unpaired) electrons. The average molecular weight is 137 g/mol. The lowest BCUT2D eigenvalue weighted by molar-refractivity contribution is 0.343. The molecule has 1 rings (SSSR count). The summed E-state index contributed by atoms with van der Waals surface area (Å²) in [6.45, 7) is 6.32. The molecule has 0 aromatic heterocycles. The summed E-state index contributed by atoms with van der Waals surface area (Å²) in [6.07, 6.45) is 3.70. The van der Waals surface area contributed by atoms with Crippen molar-refractivity contribution in [2.75, 3.05) is 0 Å². The summed E-state index contributed by atoms with van der Waals surface area (Å²) in [4.78, 5) is 0. The topological polar surface area (TPSA) is 23.8 Å². The van der Waals surface area contributed by atoms with Crippen LogP contribution in [0.15, 0.2) is 0 Å². The van der Waals surface area contributed by atoms with E-state index in [4.69, 9.17) is 5.26 Å². The van der Waals surface area contributed by atoms with Gasteiger partial charge in [-0.05, 0) is 38.5 Å². The summed E-state index contributed by atoms with van der Waals surface area (Å²) >= 11 is 0. The summed E-state index contributed by atoms with van der Waals surface area (Å²) in [5, 5.41) is 8.74. The minimum Gasteiger partial charge on any atom is -0.198 e. The number of nitriles is 1. The normalized spacial score (nSPS) is 21.8. The standard InChI is InChI=1S/C9H15N/c1-8(2,7-10)6-9(3)4-5-9/h4-6H2,1-3H3. The van der Waals surface area contributed by atoms with E-state index >= 15 is 0 Å². The maximum absolute atomic E-state index is 8.74. The van der Waals surface area contributed by atoms with Crippen molar-refractivity contribution >= 4 is 0 Å². The third-order valence-electron chi connectivity index (χ3n) is 2.27. The maximum atomic E-state index is 8.74. The Morgan fingerprint density at radius 3 is 2.30 bits per heavy atom. The van der Waals surface area contributed by atoms with Gasteiger partial charge in [0.1, 0.15) is 0 Å². The van der Waals surface area contributed by atoms with E-state index in [9.17, 15) is 0 Å². The van der Waals surface area contributed by atoms with E-state index in [1.165, 1.54) is 12.8 Å².